The van der Waals surface area contributed by atoms with Gasteiger partial charge in [-0.15, -0.1) is 0 Å². The maximum atomic E-state index is 3.67. The van der Waals surface area contributed by atoms with Gasteiger partial charge in [0.1, 0.15) is 12.4 Å². The van der Waals surface area contributed by atoms with Crippen LogP contribution in [0.15, 0.2) is 12.4 Å². The topological polar surface area (TPSA) is 19.7 Å². The molecular formula is C32H63N2+. The molecule has 0 aromatic carbocycles. The maximum absolute atomic E-state index is 3.67. The Kier molecular flexibility index (Phi) is 20.8. The fourth-order valence-corrected chi connectivity index (χ4v) is 5.53. The number of nitrogens with zero attached hydrogens (tertiary/aromatic N) is 1. The highest BCUT2D eigenvalue weighted by Gasteiger charge is 2.25. The summed E-state index contributed by atoms with van der Waals surface area (Å²) in [5, 5.41) is 0. The van der Waals surface area contributed by atoms with E-state index in [1.807, 2.05) is 0 Å². The van der Waals surface area contributed by atoms with Crippen molar-refractivity contribution in [2.45, 2.75) is 187 Å². The third-order valence-corrected chi connectivity index (χ3v) is 7.89. The molecular weight excluding hydrogens is 412 g/mol. The molecule has 0 spiro atoms. The predicted molar refractivity (Wildman–Crippen MR) is 152 cm³/mol. The molecule has 1 N–H and O–H groups in total. The number of unbranched alkanes of at least 4 members (excludes halogenated alkanes) is 17. The summed E-state index contributed by atoms with van der Waals surface area (Å²) >= 11 is 0. The highest BCUT2D eigenvalue weighted by Crippen LogP contribution is 2.26. The van der Waals surface area contributed by atoms with Gasteiger partial charge in [0.2, 0.25) is 0 Å². The van der Waals surface area contributed by atoms with Gasteiger partial charge in [-0.1, -0.05) is 143 Å². The molecule has 1 aromatic heterocycles. The van der Waals surface area contributed by atoms with Gasteiger partial charge in [0.25, 0.3) is 5.82 Å². The fourth-order valence-electron chi connectivity index (χ4n) is 5.53. The van der Waals surface area contributed by atoms with Crippen molar-refractivity contribution in [1.82, 2.24) is 4.98 Å². The average molecular weight is 476 g/mol. The van der Waals surface area contributed by atoms with Crippen molar-refractivity contribution in [3.05, 3.63) is 18.2 Å². The van der Waals surface area contributed by atoms with Gasteiger partial charge in [0, 0.05) is 0 Å². The summed E-state index contributed by atoms with van der Waals surface area (Å²) in [6.45, 7) is 9.39. The van der Waals surface area contributed by atoms with Crippen LogP contribution in [0.2, 0.25) is 0 Å². The number of hydrogen-bond donors (Lipinski definition) is 1. The van der Waals surface area contributed by atoms with Crippen molar-refractivity contribution < 1.29 is 4.57 Å². The Hall–Kier alpha value is -0.790. The zero-order valence-corrected chi connectivity index (χ0v) is 24.0. The number of rotatable bonds is 25. The van der Waals surface area contributed by atoms with Crippen LogP contribution in [0.1, 0.15) is 193 Å². The van der Waals surface area contributed by atoms with Gasteiger partial charge in [-0.3, -0.25) is 0 Å². The molecule has 2 unspecified atom stereocenters. The molecule has 0 aliphatic carbocycles. The van der Waals surface area contributed by atoms with E-state index in [0.29, 0.717) is 12.0 Å². The molecule has 1 aromatic rings. The fraction of sp³-hybridized carbons (Fsp3) is 0.906. The lowest BCUT2D eigenvalue weighted by Crippen LogP contribution is -2.41. The van der Waals surface area contributed by atoms with E-state index in [1.54, 1.807) is 0 Å². The van der Waals surface area contributed by atoms with Crippen LogP contribution >= 0.6 is 0 Å². The van der Waals surface area contributed by atoms with Crippen LogP contribution in [0.3, 0.4) is 0 Å². The van der Waals surface area contributed by atoms with Gasteiger partial charge in [-0.25, -0.2) is 9.55 Å². The molecule has 0 aliphatic rings. The summed E-state index contributed by atoms with van der Waals surface area (Å²) in [6.07, 6.45) is 36.8. The van der Waals surface area contributed by atoms with Gasteiger partial charge in [0.15, 0.2) is 0 Å². The predicted octanol–water partition coefficient (Wildman–Crippen LogP) is 11.0. The van der Waals surface area contributed by atoms with Crippen LogP contribution in [0.5, 0.6) is 0 Å². The van der Waals surface area contributed by atoms with E-state index in [4.69, 9.17) is 0 Å². The first kappa shape index (κ1) is 31.2. The highest BCUT2D eigenvalue weighted by molar-refractivity contribution is 4.90. The van der Waals surface area contributed by atoms with Gasteiger partial charge in [0.05, 0.1) is 12.0 Å². The summed E-state index contributed by atoms with van der Waals surface area (Å²) in [5.41, 5.74) is 0. The van der Waals surface area contributed by atoms with Crippen LogP contribution in [0, 0.1) is 0 Å². The van der Waals surface area contributed by atoms with Crippen LogP contribution in [-0.4, -0.2) is 4.98 Å². The Bertz CT molecular complexity index is 535. The zero-order valence-electron chi connectivity index (χ0n) is 24.0. The third kappa shape index (κ3) is 15.3. The second kappa shape index (κ2) is 22.7. The van der Waals surface area contributed by atoms with E-state index < -0.39 is 0 Å². The minimum absolute atomic E-state index is 0.623. The maximum Gasteiger partial charge on any atom is 0.257 e. The van der Waals surface area contributed by atoms with E-state index >= 15 is 0 Å². The Morgan fingerprint density at radius 2 is 0.971 bits per heavy atom. The van der Waals surface area contributed by atoms with E-state index in [-0.39, 0.29) is 0 Å². The number of imidazole rings is 1. The van der Waals surface area contributed by atoms with E-state index in [1.165, 1.54) is 154 Å². The average Bonchev–Trinajstić information content (AvgIpc) is 3.33. The number of aromatic amines is 1. The molecule has 0 saturated carbocycles. The Balaban J connectivity index is 2.32. The first-order valence-corrected chi connectivity index (χ1v) is 15.8. The molecule has 1 rings (SSSR count). The normalized spacial score (nSPS) is 13.4. The molecule has 0 radical (unpaired) electrons. The molecule has 2 heteroatoms. The van der Waals surface area contributed by atoms with Crippen LogP contribution < -0.4 is 4.57 Å². The summed E-state index contributed by atoms with van der Waals surface area (Å²) in [5.74, 6) is 2.22. The van der Waals surface area contributed by atoms with Crippen LogP contribution in [0.4, 0.5) is 0 Å². The third-order valence-electron chi connectivity index (χ3n) is 7.89. The molecule has 0 aliphatic heterocycles. The molecule has 0 fully saturated rings. The molecule has 2 nitrogen and oxygen atoms in total. The largest absolute Gasteiger partial charge is 0.257 e. The lowest BCUT2D eigenvalue weighted by Gasteiger charge is -2.17. The molecule has 0 amide bonds. The zero-order chi connectivity index (χ0) is 24.7. The molecule has 200 valence electrons. The molecule has 1 heterocycles. The van der Waals surface area contributed by atoms with Gasteiger partial charge >= 0.3 is 0 Å². The van der Waals surface area contributed by atoms with Crippen LogP contribution in [-0.2, 0) is 0 Å². The van der Waals surface area contributed by atoms with Gasteiger partial charge < -0.3 is 0 Å². The first-order chi connectivity index (χ1) is 16.7. The van der Waals surface area contributed by atoms with E-state index in [0.717, 1.165) is 0 Å². The van der Waals surface area contributed by atoms with Crippen LogP contribution in [0.25, 0.3) is 0 Å². The number of nitrogens with one attached hydrogen (secondary N) is 1. The monoisotopic (exact) mass is 475 g/mol. The van der Waals surface area contributed by atoms with Gasteiger partial charge in [-0.2, -0.15) is 0 Å². The molecule has 34 heavy (non-hydrogen) atoms. The van der Waals surface area contributed by atoms with E-state index in [2.05, 4.69) is 49.6 Å². The summed E-state index contributed by atoms with van der Waals surface area (Å²) < 4.78 is 2.59. The van der Waals surface area contributed by atoms with Crippen molar-refractivity contribution in [2.24, 2.45) is 0 Å². The lowest BCUT2D eigenvalue weighted by atomic mass is 9.93. The summed E-state index contributed by atoms with van der Waals surface area (Å²) in [7, 11) is 0. The Morgan fingerprint density at radius 1 is 0.559 bits per heavy atom. The smallest absolute Gasteiger partial charge is 0.247 e. The molecule has 0 saturated heterocycles. The molecule has 0 bridgehead atoms. The first-order valence-electron chi connectivity index (χ1n) is 15.8. The minimum atomic E-state index is 0.623. The second-order valence-corrected chi connectivity index (χ2v) is 11.2. The highest BCUT2D eigenvalue weighted by atomic mass is 15.1. The van der Waals surface area contributed by atoms with Crippen molar-refractivity contribution in [3.8, 4) is 0 Å². The Morgan fingerprint density at radius 3 is 1.47 bits per heavy atom. The van der Waals surface area contributed by atoms with Crippen molar-refractivity contribution in [1.29, 1.82) is 0 Å². The number of aromatic nitrogens is 2. The standard InChI is InChI=1S/C32H62N2/c1-5-8-11-13-15-16-17-18-20-22-24-27-31(26-10-7-3)32-33-28-29-34(32)30(4)25-23-21-19-14-12-9-6-2/h28-31H,5-27H2,1-4H3/p+1. The molecule has 2 atom stereocenters. The SMILES string of the molecule is CCCCCCCCCCCCCC(CCCC)c1[nH]cc[n+]1C(C)CCCCCCCCC. The minimum Gasteiger partial charge on any atom is -0.247 e. The summed E-state index contributed by atoms with van der Waals surface area (Å²) in [6, 6.07) is 0.623. The Labute approximate surface area is 215 Å². The quantitative estimate of drug-likeness (QED) is 0.107. The summed E-state index contributed by atoms with van der Waals surface area (Å²) in [4.78, 5) is 3.67. The lowest BCUT2D eigenvalue weighted by molar-refractivity contribution is -0.727. The van der Waals surface area contributed by atoms with Crippen molar-refractivity contribution >= 4 is 0 Å². The van der Waals surface area contributed by atoms with Crippen molar-refractivity contribution in [2.75, 3.05) is 0 Å². The van der Waals surface area contributed by atoms with E-state index in [9.17, 15) is 0 Å². The number of hydrogen-bond acceptors (Lipinski definition) is 0. The van der Waals surface area contributed by atoms with Gasteiger partial charge in [-0.05, 0) is 32.6 Å². The number of H-pyrrole nitrogens is 1. The second-order valence-electron chi connectivity index (χ2n) is 11.2. The van der Waals surface area contributed by atoms with Crippen molar-refractivity contribution in [3.63, 3.8) is 0 Å².